The van der Waals surface area contributed by atoms with E-state index >= 15 is 0 Å². The third-order valence-corrected chi connectivity index (χ3v) is 5.87. The molecule has 0 spiro atoms. The normalized spacial score (nSPS) is 19.9. The number of benzene rings is 3. The summed E-state index contributed by atoms with van der Waals surface area (Å²) in [6, 6.07) is 30.6. The zero-order valence-corrected chi connectivity index (χ0v) is 14.6. The second kappa shape index (κ2) is 5.74. The van der Waals surface area contributed by atoms with Gasteiger partial charge in [-0.15, -0.1) is 0 Å². The number of fused-ring (bicyclic) bond motifs is 3. The predicted octanol–water partition coefficient (Wildman–Crippen LogP) is 5.29. The average molecular weight is 335 g/mol. The molecule has 126 valence electrons. The maximum atomic E-state index is 6.29. The highest BCUT2D eigenvalue weighted by Crippen LogP contribution is 2.59. The molecule has 2 aliphatic carbocycles. The van der Waals surface area contributed by atoms with Crippen LogP contribution >= 0.6 is 0 Å². The second-order valence-electron chi connectivity index (χ2n) is 7.16. The Balaban J connectivity index is 1.93. The zero-order valence-electron chi connectivity index (χ0n) is 14.6. The van der Waals surface area contributed by atoms with Crippen molar-refractivity contribution in [2.45, 2.75) is 17.8 Å². The molecule has 1 heteroatoms. The molecular weight excluding hydrogens is 314 g/mol. The minimum Gasteiger partial charge on any atom is -0.399 e. The maximum absolute atomic E-state index is 6.29. The van der Waals surface area contributed by atoms with Gasteiger partial charge in [-0.05, 0) is 40.3 Å². The number of rotatable bonds is 2. The molecule has 0 aromatic heterocycles. The van der Waals surface area contributed by atoms with E-state index in [0.29, 0.717) is 5.92 Å². The van der Waals surface area contributed by atoms with Crippen molar-refractivity contribution in [3.8, 4) is 0 Å². The fraction of sp³-hybridized carbons (Fsp3) is 0.120. The summed E-state index contributed by atoms with van der Waals surface area (Å²) in [5.41, 5.74) is 13.7. The fourth-order valence-electron chi connectivity index (χ4n) is 4.87. The lowest BCUT2D eigenvalue weighted by Crippen LogP contribution is -2.30. The van der Waals surface area contributed by atoms with Gasteiger partial charge in [0.05, 0.1) is 5.41 Å². The van der Waals surface area contributed by atoms with Crippen LogP contribution in [0.25, 0.3) is 0 Å². The lowest BCUT2D eigenvalue weighted by Gasteiger charge is -2.36. The van der Waals surface area contributed by atoms with Crippen molar-refractivity contribution < 1.29 is 0 Å². The van der Waals surface area contributed by atoms with Gasteiger partial charge in [0, 0.05) is 11.6 Å². The second-order valence-corrected chi connectivity index (χ2v) is 7.16. The van der Waals surface area contributed by atoms with E-state index in [9.17, 15) is 0 Å². The minimum atomic E-state index is -0.275. The molecule has 0 aliphatic heterocycles. The number of nitrogens with two attached hydrogens (primary N) is 1. The molecule has 3 aromatic rings. The molecule has 2 N–H and O–H groups in total. The van der Waals surface area contributed by atoms with Crippen molar-refractivity contribution in [3.05, 3.63) is 131 Å². The molecule has 3 aromatic carbocycles. The Morgan fingerprint density at radius 2 is 1.31 bits per heavy atom. The Bertz CT molecular complexity index is 973. The largest absolute Gasteiger partial charge is 0.399 e. The van der Waals surface area contributed by atoms with Crippen LogP contribution in [0.1, 0.15) is 34.6 Å². The summed E-state index contributed by atoms with van der Waals surface area (Å²) in [6.07, 6.45) is 5.35. The smallest absolute Gasteiger partial charge is 0.0674 e. The standard InChI is InChI=1S/C25H21N/c26-20-15-16-22-21-13-7-8-14-23(21)25(24(22)17-20,18-9-3-1-4-10-18)19-11-5-2-6-12-19/h1-15,17,22H,16,26H2/t22-/m0/s1. The lowest BCUT2D eigenvalue weighted by molar-refractivity contribution is 0.688. The van der Waals surface area contributed by atoms with Crippen LogP contribution in [0, 0.1) is 0 Å². The van der Waals surface area contributed by atoms with Crippen LogP contribution < -0.4 is 5.73 Å². The maximum Gasteiger partial charge on any atom is 0.0674 e. The fourth-order valence-corrected chi connectivity index (χ4v) is 4.87. The van der Waals surface area contributed by atoms with Gasteiger partial charge in [-0.1, -0.05) is 91.0 Å². The van der Waals surface area contributed by atoms with E-state index in [-0.39, 0.29) is 5.41 Å². The highest BCUT2D eigenvalue weighted by atomic mass is 14.6. The van der Waals surface area contributed by atoms with Gasteiger partial charge in [0.25, 0.3) is 0 Å². The molecule has 0 bridgehead atoms. The molecule has 1 atom stereocenters. The third kappa shape index (κ3) is 1.97. The van der Waals surface area contributed by atoms with E-state index in [0.717, 1.165) is 12.1 Å². The van der Waals surface area contributed by atoms with Gasteiger partial charge in [-0.25, -0.2) is 0 Å². The highest BCUT2D eigenvalue weighted by Gasteiger charge is 2.50. The topological polar surface area (TPSA) is 26.0 Å². The number of hydrogen-bond acceptors (Lipinski definition) is 1. The van der Waals surface area contributed by atoms with Crippen LogP contribution in [0.5, 0.6) is 0 Å². The summed E-state index contributed by atoms with van der Waals surface area (Å²) in [5, 5.41) is 0. The van der Waals surface area contributed by atoms with Gasteiger partial charge in [-0.3, -0.25) is 0 Å². The monoisotopic (exact) mass is 335 g/mol. The van der Waals surface area contributed by atoms with E-state index in [1.54, 1.807) is 0 Å². The van der Waals surface area contributed by atoms with Gasteiger partial charge in [0.15, 0.2) is 0 Å². The van der Waals surface area contributed by atoms with Crippen molar-refractivity contribution in [1.29, 1.82) is 0 Å². The molecule has 26 heavy (non-hydrogen) atoms. The summed E-state index contributed by atoms with van der Waals surface area (Å²) in [6.45, 7) is 0. The molecule has 5 rings (SSSR count). The first-order valence-electron chi connectivity index (χ1n) is 9.20. The van der Waals surface area contributed by atoms with Crippen molar-refractivity contribution >= 4 is 0 Å². The predicted molar refractivity (Wildman–Crippen MR) is 107 cm³/mol. The van der Waals surface area contributed by atoms with Gasteiger partial charge in [0.2, 0.25) is 0 Å². The van der Waals surface area contributed by atoms with E-state index in [1.807, 2.05) is 0 Å². The Kier molecular flexibility index (Phi) is 3.36. The van der Waals surface area contributed by atoms with Crippen LogP contribution in [-0.2, 0) is 5.41 Å². The molecule has 0 amide bonds. The molecule has 0 radical (unpaired) electrons. The Labute approximate surface area is 154 Å². The minimum absolute atomic E-state index is 0.275. The Morgan fingerprint density at radius 3 is 1.96 bits per heavy atom. The summed E-state index contributed by atoms with van der Waals surface area (Å²) >= 11 is 0. The Morgan fingerprint density at radius 1 is 0.731 bits per heavy atom. The van der Waals surface area contributed by atoms with Crippen LogP contribution in [0.2, 0.25) is 0 Å². The van der Waals surface area contributed by atoms with Crippen LogP contribution in [-0.4, -0.2) is 0 Å². The van der Waals surface area contributed by atoms with E-state index in [4.69, 9.17) is 5.73 Å². The molecule has 2 aliphatic rings. The Hall–Kier alpha value is -3.06. The average Bonchev–Trinajstić information content (AvgIpc) is 3.00. The summed E-state index contributed by atoms with van der Waals surface area (Å²) < 4.78 is 0. The molecule has 0 unspecified atom stereocenters. The van der Waals surface area contributed by atoms with Gasteiger partial charge in [0.1, 0.15) is 0 Å². The third-order valence-electron chi connectivity index (χ3n) is 5.87. The van der Waals surface area contributed by atoms with E-state index in [2.05, 4.69) is 97.1 Å². The van der Waals surface area contributed by atoms with Crippen molar-refractivity contribution in [2.75, 3.05) is 0 Å². The van der Waals surface area contributed by atoms with Crippen molar-refractivity contribution in [3.63, 3.8) is 0 Å². The number of hydrogen-bond donors (Lipinski definition) is 1. The first-order chi connectivity index (χ1) is 12.8. The van der Waals surface area contributed by atoms with Crippen LogP contribution in [0.15, 0.2) is 108 Å². The molecule has 0 saturated carbocycles. The molecule has 0 saturated heterocycles. The molecule has 0 heterocycles. The van der Waals surface area contributed by atoms with E-state index < -0.39 is 0 Å². The molecule has 1 nitrogen and oxygen atoms in total. The summed E-state index contributed by atoms with van der Waals surface area (Å²) in [4.78, 5) is 0. The zero-order chi connectivity index (χ0) is 17.6. The number of allylic oxidation sites excluding steroid dienone is 3. The van der Waals surface area contributed by atoms with Crippen LogP contribution in [0.4, 0.5) is 0 Å². The van der Waals surface area contributed by atoms with E-state index in [1.165, 1.54) is 27.8 Å². The van der Waals surface area contributed by atoms with Crippen molar-refractivity contribution in [1.82, 2.24) is 0 Å². The summed E-state index contributed by atoms with van der Waals surface area (Å²) in [5.74, 6) is 0.388. The van der Waals surface area contributed by atoms with Gasteiger partial charge in [-0.2, -0.15) is 0 Å². The molecule has 0 fully saturated rings. The quantitative estimate of drug-likeness (QED) is 0.676. The lowest BCUT2D eigenvalue weighted by atomic mass is 9.66. The summed E-state index contributed by atoms with van der Waals surface area (Å²) in [7, 11) is 0. The van der Waals surface area contributed by atoms with Crippen LogP contribution in [0.3, 0.4) is 0 Å². The van der Waals surface area contributed by atoms with Crippen molar-refractivity contribution in [2.24, 2.45) is 5.73 Å². The first-order valence-corrected chi connectivity index (χ1v) is 9.20. The van der Waals surface area contributed by atoms with Gasteiger partial charge >= 0.3 is 0 Å². The SMILES string of the molecule is NC1=CC[C@@H]2C(=C1)C(c1ccccc1)(c1ccccc1)c1ccccc12. The highest BCUT2D eigenvalue weighted by molar-refractivity contribution is 5.69. The first kappa shape index (κ1) is 15.2. The van der Waals surface area contributed by atoms with Gasteiger partial charge < -0.3 is 5.73 Å². The molecular formula is C25H21N.